The molecule has 0 aliphatic carbocycles. The second kappa shape index (κ2) is 7.22. The average molecular weight is 267 g/mol. The van der Waals surface area contributed by atoms with E-state index in [1.54, 1.807) is 11.3 Å². The van der Waals surface area contributed by atoms with Gasteiger partial charge < -0.3 is 5.32 Å². The molecule has 1 N–H and O–H groups in total. The second-order valence-electron chi connectivity index (χ2n) is 5.31. The molecule has 4 heteroatoms. The van der Waals surface area contributed by atoms with Gasteiger partial charge in [-0.05, 0) is 51.7 Å². The highest BCUT2D eigenvalue weighted by Gasteiger charge is 2.17. The molecule has 102 valence electrons. The van der Waals surface area contributed by atoms with E-state index in [1.807, 2.05) is 5.51 Å². The second-order valence-corrected chi connectivity index (χ2v) is 6.25. The van der Waals surface area contributed by atoms with Gasteiger partial charge in [-0.25, -0.2) is 4.98 Å². The zero-order valence-corrected chi connectivity index (χ0v) is 12.4. The smallest absolute Gasteiger partial charge is 0.0798 e. The van der Waals surface area contributed by atoms with Crippen LogP contribution in [0.4, 0.5) is 0 Å². The van der Waals surface area contributed by atoms with E-state index in [1.165, 1.54) is 56.0 Å². The summed E-state index contributed by atoms with van der Waals surface area (Å²) in [4.78, 5) is 8.40. The summed E-state index contributed by atoms with van der Waals surface area (Å²) < 4.78 is 0. The summed E-state index contributed by atoms with van der Waals surface area (Å²) in [6.45, 7) is 10.3. The molecule has 0 spiro atoms. The number of aryl methyl sites for hydroxylation is 1. The molecule has 0 saturated carbocycles. The fourth-order valence-electron chi connectivity index (χ4n) is 2.68. The Labute approximate surface area is 115 Å². The maximum absolute atomic E-state index is 4.36. The van der Waals surface area contributed by atoms with Crippen molar-refractivity contribution in [2.75, 3.05) is 26.2 Å². The average Bonchev–Trinajstić information content (AvgIpc) is 2.77. The van der Waals surface area contributed by atoms with E-state index in [2.05, 4.69) is 29.0 Å². The maximum atomic E-state index is 4.36. The summed E-state index contributed by atoms with van der Waals surface area (Å²) in [5.74, 6) is 0.832. The Morgan fingerprint density at radius 2 is 2.44 bits per heavy atom. The van der Waals surface area contributed by atoms with Crippen molar-refractivity contribution >= 4 is 11.3 Å². The standard InChI is InChI=1S/C14H25N3S/c1-3-7-17(9-13-5-4-6-15-8-13)10-14-12(2)16-11-18-14/h11,13,15H,3-10H2,1-2H3. The third-order valence-electron chi connectivity index (χ3n) is 3.67. The Morgan fingerprint density at radius 1 is 1.56 bits per heavy atom. The monoisotopic (exact) mass is 267 g/mol. The molecule has 18 heavy (non-hydrogen) atoms. The lowest BCUT2D eigenvalue weighted by atomic mass is 9.99. The van der Waals surface area contributed by atoms with Crippen LogP contribution in [0.15, 0.2) is 5.51 Å². The Bertz CT molecular complexity index is 345. The fraction of sp³-hybridized carbons (Fsp3) is 0.786. The van der Waals surface area contributed by atoms with Crippen molar-refractivity contribution in [1.82, 2.24) is 15.2 Å². The van der Waals surface area contributed by atoms with E-state index in [-0.39, 0.29) is 0 Å². The van der Waals surface area contributed by atoms with E-state index < -0.39 is 0 Å². The van der Waals surface area contributed by atoms with Crippen molar-refractivity contribution in [3.8, 4) is 0 Å². The molecule has 0 bridgehead atoms. The number of piperidine rings is 1. The number of hydrogen-bond acceptors (Lipinski definition) is 4. The molecule has 1 fully saturated rings. The summed E-state index contributed by atoms with van der Waals surface area (Å²) in [5.41, 5.74) is 3.18. The minimum atomic E-state index is 0.832. The normalized spacial score (nSPS) is 20.5. The van der Waals surface area contributed by atoms with Crippen LogP contribution in [0, 0.1) is 12.8 Å². The fourth-order valence-corrected chi connectivity index (χ4v) is 3.50. The van der Waals surface area contributed by atoms with Gasteiger partial charge in [0.05, 0.1) is 11.2 Å². The number of thiazole rings is 1. The Kier molecular flexibility index (Phi) is 5.60. The molecule has 1 atom stereocenters. The number of nitrogens with zero attached hydrogens (tertiary/aromatic N) is 2. The van der Waals surface area contributed by atoms with Crippen LogP contribution in [0.2, 0.25) is 0 Å². The topological polar surface area (TPSA) is 28.2 Å². The number of nitrogens with one attached hydrogen (secondary N) is 1. The molecule has 0 radical (unpaired) electrons. The van der Waals surface area contributed by atoms with Gasteiger partial charge in [0.15, 0.2) is 0 Å². The molecule has 3 nitrogen and oxygen atoms in total. The highest BCUT2D eigenvalue weighted by atomic mass is 32.1. The van der Waals surface area contributed by atoms with Crippen molar-refractivity contribution in [1.29, 1.82) is 0 Å². The first-order valence-electron chi connectivity index (χ1n) is 7.11. The first-order chi connectivity index (χ1) is 8.79. The number of rotatable bonds is 6. The Morgan fingerprint density at radius 3 is 3.06 bits per heavy atom. The van der Waals surface area contributed by atoms with E-state index in [9.17, 15) is 0 Å². The van der Waals surface area contributed by atoms with Gasteiger partial charge in [-0.3, -0.25) is 4.90 Å². The molecule has 0 amide bonds. The third-order valence-corrected chi connectivity index (χ3v) is 4.59. The molecule has 2 rings (SSSR count). The molecular weight excluding hydrogens is 242 g/mol. The summed E-state index contributed by atoms with van der Waals surface area (Å²) in [7, 11) is 0. The van der Waals surface area contributed by atoms with Crippen LogP contribution in [0.5, 0.6) is 0 Å². The lowest BCUT2D eigenvalue weighted by Gasteiger charge is -2.29. The van der Waals surface area contributed by atoms with Crippen LogP contribution in [0.3, 0.4) is 0 Å². The molecule has 1 aliphatic heterocycles. The van der Waals surface area contributed by atoms with Crippen LogP contribution in [-0.2, 0) is 6.54 Å². The molecule has 1 saturated heterocycles. The van der Waals surface area contributed by atoms with E-state index in [0.717, 1.165) is 12.5 Å². The number of hydrogen-bond donors (Lipinski definition) is 1. The van der Waals surface area contributed by atoms with Gasteiger partial charge in [-0.1, -0.05) is 6.92 Å². The molecular formula is C14H25N3S. The van der Waals surface area contributed by atoms with Gasteiger partial charge in [-0.2, -0.15) is 0 Å². The van der Waals surface area contributed by atoms with Gasteiger partial charge >= 0.3 is 0 Å². The summed E-state index contributed by atoms with van der Waals surface area (Å²) in [5, 5.41) is 3.52. The van der Waals surface area contributed by atoms with Crippen molar-refractivity contribution in [2.45, 2.75) is 39.7 Å². The van der Waals surface area contributed by atoms with Gasteiger partial charge in [0, 0.05) is 18.0 Å². The Balaban J connectivity index is 1.88. The lowest BCUT2D eigenvalue weighted by Crippen LogP contribution is -2.38. The molecule has 1 aromatic rings. The molecule has 1 aromatic heterocycles. The van der Waals surface area contributed by atoms with Crippen molar-refractivity contribution < 1.29 is 0 Å². The van der Waals surface area contributed by atoms with Gasteiger partial charge in [0.1, 0.15) is 0 Å². The predicted octanol–water partition coefficient (Wildman–Crippen LogP) is 2.66. The van der Waals surface area contributed by atoms with Gasteiger partial charge in [0.2, 0.25) is 0 Å². The minimum Gasteiger partial charge on any atom is -0.316 e. The van der Waals surface area contributed by atoms with Crippen molar-refractivity contribution in [3.05, 3.63) is 16.1 Å². The van der Waals surface area contributed by atoms with Gasteiger partial charge in [0.25, 0.3) is 0 Å². The minimum absolute atomic E-state index is 0.832. The molecule has 0 aromatic carbocycles. The van der Waals surface area contributed by atoms with Crippen LogP contribution in [0.1, 0.15) is 36.8 Å². The molecule has 1 aliphatic rings. The predicted molar refractivity (Wildman–Crippen MR) is 78.0 cm³/mol. The van der Waals surface area contributed by atoms with Crippen LogP contribution in [-0.4, -0.2) is 36.1 Å². The zero-order chi connectivity index (χ0) is 12.8. The summed E-state index contributed by atoms with van der Waals surface area (Å²) >= 11 is 1.80. The zero-order valence-electron chi connectivity index (χ0n) is 11.6. The molecule has 2 heterocycles. The van der Waals surface area contributed by atoms with Crippen LogP contribution in [0.25, 0.3) is 0 Å². The highest BCUT2D eigenvalue weighted by Crippen LogP contribution is 2.18. The SMILES string of the molecule is CCCN(Cc1scnc1C)CC1CCCNC1. The summed E-state index contributed by atoms with van der Waals surface area (Å²) in [6, 6.07) is 0. The first-order valence-corrected chi connectivity index (χ1v) is 7.99. The third kappa shape index (κ3) is 4.04. The lowest BCUT2D eigenvalue weighted by molar-refractivity contribution is 0.202. The largest absolute Gasteiger partial charge is 0.316 e. The van der Waals surface area contributed by atoms with Crippen LogP contribution >= 0.6 is 11.3 Å². The highest BCUT2D eigenvalue weighted by molar-refractivity contribution is 7.09. The van der Waals surface area contributed by atoms with E-state index in [0.29, 0.717) is 0 Å². The van der Waals surface area contributed by atoms with Crippen LogP contribution < -0.4 is 5.32 Å². The summed E-state index contributed by atoms with van der Waals surface area (Å²) in [6.07, 6.45) is 3.96. The Hall–Kier alpha value is -0.450. The molecule has 1 unspecified atom stereocenters. The first kappa shape index (κ1) is 14.0. The van der Waals surface area contributed by atoms with E-state index in [4.69, 9.17) is 0 Å². The number of aromatic nitrogens is 1. The maximum Gasteiger partial charge on any atom is 0.0798 e. The van der Waals surface area contributed by atoms with E-state index >= 15 is 0 Å². The van der Waals surface area contributed by atoms with Crippen molar-refractivity contribution in [3.63, 3.8) is 0 Å². The van der Waals surface area contributed by atoms with Gasteiger partial charge in [-0.15, -0.1) is 11.3 Å². The van der Waals surface area contributed by atoms with Crippen molar-refractivity contribution in [2.24, 2.45) is 5.92 Å². The quantitative estimate of drug-likeness (QED) is 0.859.